The van der Waals surface area contributed by atoms with E-state index in [0.717, 1.165) is 102 Å². The molecule has 0 fully saturated rings. The first kappa shape index (κ1) is 85.1. The summed E-state index contributed by atoms with van der Waals surface area (Å²) in [6, 6.07) is 0. The number of aliphatic hydroxyl groups is 1. The number of rotatable bonds is 67. The molecule has 0 saturated heterocycles. The van der Waals surface area contributed by atoms with Crippen LogP contribution in [0.25, 0.3) is 0 Å². The second kappa shape index (κ2) is 60.3. The van der Waals surface area contributed by atoms with E-state index in [-0.39, 0.29) is 25.7 Å². The molecule has 0 bridgehead atoms. The molecule has 19 heteroatoms. The number of unbranched alkanes of at least 4 members (excludes halogenated alkanes) is 37. The van der Waals surface area contributed by atoms with Gasteiger partial charge in [0.1, 0.15) is 19.3 Å². The van der Waals surface area contributed by atoms with Gasteiger partial charge in [-0.3, -0.25) is 37.3 Å². The van der Waals surface area contributed by atoms with Crippen LogP contribution < -0.4 is 0 Å². The molecule has 3 N–H and O–H groups in total. The van der Waals surface area contributed by atoms with Crippen LogP contribution in [0.3, 0.4) is 0 Å². The standard InChI is InChI=1S/C68H132O17P2/c1-7-9-11-13-15-24-32-38-44-50-65(70)78-56-63(84-67(72)52-46-40-34-25-16-14-12-10-8-2)58-82-86(74,75)80-54-62(69)55-81-87(76,77)83-59-64(57-79-66(71)51-45-39-33-28-23-22-27-31-37-43-49-61(5)6)85-68(73)53-47-41-35-29-21-19-17-18-20-26-30-36-42-48-60(3)4/h60-64,69H,7-59H2,1-6H3,(H,74,75)(H,76,77)/t62-,63+,64+/m0/s1. The molecule has 5 atom stereocenters. The summed E-state index contributed by atoms with van der Waals surface area (Å²) in [7, 11) is -9.89. The molecule has 0 aliphatic carbocycles. The molecule has 0 aromatic heterocycles. The van der Waals surface area contributed by atoms with Crippen molar-refractivity contribution in [3.05, 3.63) is 0 Å². The Morgan fingerprint density at radius 3 is 0.782 bits per heavy atom. The molecule has 0 spiro atoms. The third kappa shape index (κ3) is 62.6. The highest BCUT2D eigenvalue weighted by Gasteiger charge is 2.30. The van der Waals surface area contributed by atoms with E-state index in [1.165, 1.54) is 161 Å². The zero-order valence-corrected chi connectivity index (χ0v) is 58.1. The zero-order chi connectivity index (χ0) is 64.3. The largest absolute Gasteiger partial charge is 0.472 e. The molecule has 0 aromatic rings. The summed E-state index contributed by atoms with van der Waals surface area (Å²) in [5, 5.41) is 10.6. The average Bonchev–Trinajstić information content (AvgIpc) is 3.58. The lowest BCUT2D eigenvalue weighted by Crippen LogP contribution is -2.30. The second-order valence-electron chi connectivity index (χ2n) is 25.5. The Bertz CT molecular complexity index is 1700. The van der Waals surface area contributed by atoms with E-state index in [1.807, 2.05) is 0 Å². The van der Waals surface area contributed by atoms with Gasteiger partial charge in [-0.15, -0.1) is 0 Å². The third-order valence-electron chi connectivity index (χ3n) is 15.7. The van der Waals surface area contributed by atoms with Gasteiger partial charge < -0.3 is 33.8 Å². The van der Waals surface area contributed by atoms with Crippen molar-refractivity contribution in [2.75, 3.05) is 39.6 Å². The normalized spacial score (nSPS) is 14.2. The third-order valence-corrected chi connectivity index (χ3v) is 17.6. The molecule has 0 saturated carbocycles. The van der Waals surface area contributed by atoms with E-state index >= 15 is 0 Å². The Hall–Kier alpha value is -1.94. The van der Waals surface area contributed by atoms with Gasteiger partial charge >= 0.3 is 39.5 Å². The Kier molecular flexibility index (Phi) is 59.0. The molecule has 0 aliphatic heterocycles. The quantitative estimate of drug-likeness (QED) is 0.0222. The molecule has 0 radical (unpaired) electrons. The molecule has 0 heterocycles. The lowest BCUT2D eigenvalue weighted by atomic mass is 10.0. The van der Waals surface area contributed by atoms with E-state index in [4.69, 9.17) is 37.0 Å². The van der Waals surface area contributed by atoms with Crippen LogP contribution >= 0.6 is 15.6 Å². The number of esters is 4. The van der Waals surface area contributed by atoms with Gasteiger partial charge in [-0.1, -0.05) is 292 Å². The van der Waals surface area contributed by atoms with E-state index in [0.29, 0.717) is 25.7 Å². The van der Waals surface area contributed by atoms with Gasteiger partial charge in [-0.2, -0.15) is 0 Å². The Morgan fingerprint density at radius 2 is 0.529 bits per heavy atom. The highest BCUT2D eigenvalue weighted by Crippen LogP contribution is 2.45. The lowest BCUT2D eigenvalue weighted by molar-refractivity contribution is -0.161. The maximum Gasteiger partial charge on any atom is 0.472 e. The SMILES string of the molecule is CCCCCCCCCCCC(=O)OC[C@H](COP(=O)(O)OC[C@H](O)COP(=O)(O)OC[C@@H](COC(=O)CCCCCCCCCCCCC(C)C)OC(=O)CCCCCCCCCCCCCCCC(C)C)OC(=O)CCCCCCCCCCC. The van der Waals surface area contributed by atoms with Crippen molar-refractivity contribution in [3.63, 3.8) is 0 Å². The number of aliphatic hydroxyl groups excluding tert-OH is 1. The summed E-state index contributed by atoms with van der Waals surface area (Å²) >= 11 is 0. The first-order chi connectivity index (χ1) is 41.9. The molecule has 87 heavy (non-hydrogen) atoms. The molecular weight excluding hydrogens is 1150 g/mol. The topological polar surface area (TPSA) is 237 Å². The van der Waals surface area contributed by atoms with Crippen LogP contribution in [0, 0.1) is 11.8 Å². The van der Waals surface area contributed by atoms with Crippen molar-refractivity contribution >= 4 is 39.5 Å². The summed E-state index contributed by atoms with van der Waals surface area (Å²) in [5.74, 6) is -0.584. The minimum Gasteiger partial charge on any atom is -0.462 e. The zero-order valence-electron chi connectivity index (χ0n) is 56.3. The second-order valence-corrected chi connectivity index (χ2v) is 28.4. The van der Waals surface area contributed by atoms with Crippen molar-refractivity contribution < 1.29 is 80.2 Å². The Morgan fingerprint density at radius 1 is 0.310 bits per heavy atom. The smallest absolute Gasteiger partial charge is 0.462 e. The number of phosphoric ester groups is 2. The molecule has 2 unspecified atom stereocenters. The number of carbonyl (C=O) groups excluding carboxylic acids is 4. The van der Waals surface area contributed by atoms with Crippen LogP contribution in [-0.4, -0.2) is 96.7 Å². The Balaban J connectivity index is 5.22. The maximum atomic E-state index is 13.0. The molecule has 0 rings (SSSR count). The van der Waals surface area contributed by atoms with E-state index in [9.17, 15) is 43.2 Å². The van der Waals surface area contributed by atoms with Crippen LogP contribution in [0.4, 0.5) is 0 Å². The molecular formula is C68H132O17P2. The summed E-state index contributed by atoms with van der Waals surface area (Å²) in [5.41, 5.74) is 0. The lowest BCUT2D eigenvalue weighted by Gasteiger charge is -2.21. The molecule has 516 valence electrons. The van der Waals surface area contributed by atoms with E-state index in [1.54, 1.807) is 0 Å². The number of hydrogen-bond donors (Lipinski definition) is 3. The van der Waals surface area contributed by atoms with Crippen molar-refractivity contribution in [1.82, 2.24) is 0 Å². The molecule has 0 aliphatic rings. The van der Waals surface area contributed by atoms with Crippen LogP contribution in [0.15, 0.2) is 0 Å². The van der Waals surface area contributed by atoms with Crippen molar-refractivity contribution in [2.24, 2.45) is 11.8 Å². The van der Waals surface area contributed by atoms with Gasteiger partial charge in [-0.05, 0) is 37.5 Å². The van der Waals surface area contributed by atoms with Crippen molar-refractivity contribution in [1.29, 1.82) is 0 Å². The first-order valence-corrected chi connectivity index (χ1v) is 38.5. The highest BCUT2D eigenvalue weighted by molar-refractivity contribution is 7.47. The fourth-order valence-corrected chi connectivity index (χ4v) is 11.8. The van der Waals surface area contributed by atoms with Crippen LogP contribution in [0.1, 0.15) is 343 Å². The van der Waals surface area contributed by atoms with Gasteiger partial charge in [0, 0.05) is 25.7 Å². The minimum absolute atomic E-state index is 0.106. The molecule has 0 amide bonds. The van der Waals surface area contributed by atoms with Crippen LogP contribution in [0.2, 0.25) is 0 Å². The predicted octanol–water partition coefficient (Wildman–Crippen LogP) is 19.2. The predicted molar refractivity (Wildman–Crippen MR) is 349 cm³/mol. The summed E-state index contributed by atoms with van der Waals surface area (Å²) in [4.78, 5) is 72.3. The maximum absolute atomic E-state index is 13.0. The van der Waals surface area contributed by atoms with E-state index in [2.05, 4.69) is 41.5 Å². The number of hydrogen-bond acceptors (Lipinski definition) is 15. The van der Waals surface area contributed by atoms with Crippen molar-refractivity contribution in [2.45, 2.75) is 362 Å². The Labute approximate surface area is 530 Å². The fraction of sp³-hybridized carbons (Fsp3) is 0.941. The number of phosphoric acid groups is 2. The monoisotopic (exact) mass is 1280 g/mol. The van der Waals surface area contributed by atoms with Gasteiger partial charge in [0.2, 0.25) is 0 Å². The van der Waals surface area contributed by atoms with Crippen LogP contribution in [0.5, 0.6) is 0 Å². The summed E-state index contributed by atoms with van der Waals surface area (Å²) in [6.45, 7) is 9.51. The summed E-state index contributed by atoms with van der Waals surface area (Å²) in [6.07, 6.45) is 44.4. The van der Waals surface area contributed by atoms with Gasteiger partial charge in [-0.25, -0.2) is 9.13 Å². The van der Waals surface area contributed by atoms with Gasteiger partial charge in [0.05, 0.1) is 26.4 Å². The summed E-state index contributed by atoms with van der Waals surface area (Å²) < 4.78 is 68.1. The van der Waals surface area contributed by atoms with Gasteiger partial charge in [0.15, 0.2) is 12.2 Å². The first-order valence-electron chi connectivity index (χ1n) is 35.5. The number of carbonyl (C=O) groups is 4. The molecule has 0 aromatic carbocycles. The van der Waals surface area contributed by atoms with Crippen LogP contribution in [-0.2, 0) is 65.4 Å². The van der Waals surface area contributed by atoms with Crippen molar-refractivity contribution in [3.8, 4) is 0 Å². The number of ether oxygens (including phenoxy) is 4. The average molecular weight is 1280 g/mol. The van der Waals surface area contributed by atoms with Gasteiger partial charge in [0.25, 0.3) is 0 Å². The fourth-order valence-electron chi connectivity index (χ4n) is 10.2. The molecule has 17 nitrogen and oxygen atoms in total. The van der Waals surface area contributed by atoms with E-state index < -0.39 is 97.5 Å². The minimum atomic E-state index is -4.95. The highest BCUT2D eigenvalue weighted by atomic mass is 31.2.